The first-order valence-electron chi connectivity index (χ1n) is 8.65. The van der Waals surface area contributed by atoms with Crippen LogP contribution in [-0.2, 0) is 21.2 Å². The second-order valence-electron chi connectivity index (χ2n) is 6.38. The zero-order valence-corrected chi connectivity index (χ0v) is 15.1. The van der Waals surface area contributed by atoms with E-state index in [2.05, 4.69) is 0 Å². The van der Waals surface area contributed by atoms with E-state index in [0.29, 0.717) is 38.4 Å². The van der Waals surface area contributed by atoms with Crippen molar-refractivity contribution in [3.05, 3.63) is 59.7 Å². The maximum absolute atomic E-state index is 13.0. The highest BCUT2D eigenvalue weighted by atomic mass is 32.2. The average molecular weight is 372 g/mol. The first kappa shape index (κ1) is 17.2. The van der Waals surface area contributed by atoms with E-state index < -0.39 is 10.0 Å². The summed E-state index contributed by atoms with van der Waals surface area (Å²) in [6.07, 6.45) is 0.813. The fraction of sp³-hybridized carbons (Fsp3) is 0.316. The summed E-state index contributed by atoms with van der Waals surface area (Å²) in [5, 5.41) is 0. The number of morpholine rings is 1. The summed E-state index contributed by atoms with van der Waals surface area (Å²) in [5.41, 5.74) is 2.42. The van der Waals surface area contributed by atoms with Crippen LogP contribution < -0.4 is 4.90 Å². The minimum Gasteiger partial charge on any atom is -0.379 e. The van der Waals surface area contributed by atoms with Crippen molar-refractivity contribution in [3.63, 3.8) is 0 Å². The molecule has 2 heterocycles. The normalized spacial score (nSPS) is 17.9. The minimum atomic E-state index is -3.62. The average Bonchev–Trinajstić information content (AvgIpc) is 3.12. The molecule has 0 unspecified atom stereocenters. The molecule has 4 rings (SSSR count). The number of nitrogens with zero attached hydrogens (tertiary/aromatic N) is 2. The Bertz CT molecular complexity index is 936. The van der Waals surface area contributed by atoms with E-state index in [4.69, 9.17) is 4.74 Å². The number of fused-ring (bicyclic) bond motifs is 1. The molecular formula is C19H20N2O4S. The lowest BCUT2D eigenvalue weighted by Crippen LogP contribution is -2.40. The summed E-state index contributed by atoms with van der Waals surface area (Å²) in [4.78, 5) is 14.8. The maximum Gasteiger partial charge on any atom is 0.258 e. The molecule has 2 aromatic carbocycles. The van der Waals surface area contributed by atoms with Gasteiger partial charge >= 0.3 is 0 Å². The number of sulfonamides is 1. The number of benzene rings is 2. The second-order valence-corrected chi connectivity index (χ2v) is 8.32. The number of carbonyl (C=O) groups is 1. The number of anilines is 1. The van der Waals surface area contributed by atoms with Crippen LogP contribution in [0.1, 0.15) is 15.9 Å². The van der Waals surface area contributed by atoms with Gasteiger partial charge < -0.3 is 9.64 Å². The molecule has 1 fully saturated rings. The fourth-order valence-corrected chi connectivity index (χ4v) is 4.89. The predicted molar refractivity (Wildman–Crippen MR) is 97.8 cm³/mol. The highest BCUT2D eigenvalue weighted by molar-refractivity contribution is 7.89. The summed E-state index contributed by atoms with van der Waals surface area (Å²) in [6.45, 7) is 2.06. The van der Waals surface area contributed by atoms with Gasteiger partial charge in [0.25, 0.3) is 5.91 Å². The molecule has 7 heteroatoms. The van der Waals surface area contributed by atoms with Gasteiger partial charge in [0.1, 0.15) is 0 Å². The van der Waals surface area contributed by atoms with Gasteiger partial charge in [-0.1, -0.05) is 24.3 Å². The van der Waals surface area contributed by atoms with Crippen molar-refractivity contribution < 1.29 is 17.9 Å². The number of carbonyl (C=O) groups excluding carboxylic acids is 1. The van der Waals surface area contributed by atoms with Crippen molar-refractivity contribution in [2.45, 2.75) is 11.3 Å². The molecule has 0 bridgehead atoms. The molecule has 0 N–H and O–H groups in total. The van der Waals surface area contributed by atoms with Gasteiger partial charge in [-0.2, -0.15) is 4.31 Å². The zero-order valence-electron chi connectivity index (χ0n) is 14.3. The van der Waals surface area contributed by atoms with Crippen LogP contribution in [-0.4, -0.2) is 51.5 Å². The zero-order chi connectivity index (χ0) is 18.1. The topological polar surface area (TPSA) is 66.9 Å². The number of hydrogen-bond acceptors (Lipinski definition) is 4. The molecular weight excluding hydrogens is 352 g/mol. The van der Waals surface area contributed by atoms with Crippen LogP contribution in [0.3, 0.4) is 0 Å². The van der Waals surface area contributed by atoms with Gasteiger partial charge in [0, 0.05) is 30.9 Å². The molecule has 1 saturated heterocycles. The second kappa shape index (κ2) is 6.83. The fourth-order valence-electron chi connectivity index (χ4n) is 3.43. The Morgan fingerprint density at radius 1 is 0.962 bits per heavy atom. The molecule has 2 aliphatic rings. The van der Waals surface area contributed by atoms with E-state index >= 15 is 0 Å². The van der Waals surface area contributed by atoms with E-state index in [-0.39, 0.29) is 10.8 Å². The van der Waals surface area contributed by atoms with Gasteiger partial charge in [0.2, 0.25) is 10.0 Å². The van der Waals surface area contributed by atoms with Crippen molar-refractivity contribution in [1.29, 1.82) is 0 Å². The maximum atomic E-state index is 13.0. The van der Waals surface area contributed by atoms with Crippen LogP contribution in [0.5, 0.6) is 0 Å². The molecule has 0 aliphatic carbocycles. The number of amides is 1. The van der Waals surface area contributed by atoms with Gasteiger partial charge in [-0.3, -0.25) is 4.79 Å². The summed E-state index contributed by atoms with van der Waals surface area (Å²) in [5.74, 6) is -0.172. The molecule has 1 amide bonds. The van der Waals surface area contributed by atoms with Crippen LogP contribution >= 0.6 is 0 Å². The Hall–Kier alpha value is -2.22. The number of rotatable bonds is 3. The van der Waals surface area contributed by atoms with Crippen molar-refractivity contribution in [3.8, 4) is 0 Å². The Balaban J connectivity index is 1.63. The predicted octanol–water partition coefficient (Wildman–Crippen LogP) is 1.91. The summed E-state index contributed by atoms with van der Waals surface area (Å²) < 4.78 is 32.3. The van der Waals surface area contributed by atoms with Crippen LogP contribution in [0.25, 0.3) is 0 Å². The molecule has 6 nitrogen and oxygen atoms in total. The highest BCUT2D eigenvalue weighted by Gasteiger charge is 2.29. The SMILES string of the molecule is O=C(c1cccc(S(=O)(=O)N2CCOCC2)c1)N1CCc2ccccc21. The minimum absolute atomic E-state index is 0.151. The molecule has 0 spiro atoms. The van der Waals surface area contributed by atoms with Gasteiger partial charge in [-0.05, 0) is 36.2 Å². The van der Waals surface area contributed by atoms with Crippen LogP contribution in [0.2, 0.25) is 0 Å². The van der Waals surface area contributed by atoms with Crippen molar-refractivity contribution in [1.82, 2.24) is 4.31 Å². The van der Waals surface area contributed by atoms with Crippen LogP contribution in [0, 0.1) is 0 Å². The van der Waals surface area contributed by atoms with E-state index in [1.54, 1.807) is 23.1 Å². The highest BCUT2D eigenvalue weighted by Crippen LogP contribution is 2.29. The lowest BCUT2D eigenvalue weighted by atomic mass is 10.1. The van der Waals surface area contributed by atoms with Crippen molar-refractivity contribution in [2.75, 3.05) is 37.7 Å². The largest absolute Gasteiger partial charge is 0.379 e. The molecule has 2 aliphatic heterocycles. The molecule has 0 aromatic heterocycles. The third-order valence-corrected chi connectivity index (χ3v) is 6.72. The quantitative estimate of drug-likeness (QED) is 0.826. The Morgan fingerprint density at radius 2 is 1.73 bits per heavy atom. The smallest absolute Gasteiger partial charge is 0.258 e. The van der Waals surface area contributed by atoms with Gasteiger partial charge in [-0.15, -0.1) is 0 Å². The monoisotopic (exact) mass is 372 g/mol. The Morgan fingerprint density at radius 3 is 2.54 bits per heavy atom. The van der Waals surface area contributed by atoms with Gasteiger partial charge in [0.05, 0.1) is 18.1 Å². The van der Waals surface area contributed by atoms with Crippen molar-refractivity contribution >= 4 is 21.6 Å². The molecule has 0 saturated carbocycles. The first-order chi connectivity index (χ1) is 12.6. The van der Waals surface area contributed by atoms with E-state index in [1.165, 1.54) is 10.4 Å². The van der Waals surface area contributed by atoms with Gasteiger partial charge in [0.15, 0.2) is 0 Å². The van der Waals surface area contributed by atoms with E-state index in [1.807, 2.05) is 24.3 Å². The molecule has 26 heavy (non-hydrogen) atoms. The number of hydrogen-bond donors (Lipinski definition) is 0. The summed E-state index contributed by atoms with van der Waals surface area (Å²) >= 11 is 0. The first-order valence-corrected chi connectivity index (χ1v) is 10.1. The third-order valence-electron chi connectivity index (χ3n) is 4.82. The molecule has 0 radical (unpaired) electrons. The number of ether oxygens (including phenoxy) is 1. The van der Waals surface area contributed by atoms with Crippen LogP contribution in [0.4, 0.5) is 5.69 Å². The Kier molecular flexibility index (Phi) is 4.52. The lowest BCUT2D eigenvalue weighted by molar-refractivity contribution is 0.0730. The van der Waals surface area contributed by atoms with Crippen LogP contribution in [0.15, 0.2) is 53.4 Å². The third kappa shape index (κ3) is 3.02. The summed E-state index contributed by atoms with van der Waals surface area (Å²) in [7, 11) is -3.62. The standard InChI is InChI=1S/C19H20N2O4S/c22-19(21-9-8-15-4-1-2-7-18(15)21)16-5-3-6-17(14-16)26(23,24)20-10-12-25-13-11-20/h1-7,14H,8-13H2. The molecule has 0 atom stereocenters. The van der Waals surface area contributed by atoms with Gasteiger partial charge in [-0.25, -0.2) is 8.42 Å². The Labute approximate surface area is 153 Å². The molecule has 136 valence electrons. The van der Waals surface area contributed by atoms with Crippen molar-refractivity contribution in [2.24, 2.45) is 0 Å². The lowest BCUT2D eigenvalue weighted by Gasteiger charge is -2.26. The summed E-state index contributed by atoms with van der Waals surface area (Å²) in [6, 6.07) is 14.1. The number of para-hydroxylation sites is 1. The van der Waals surface area contributed by atoms with E-state index in [9.17, 15) is 13.2 Å². The molecule has 2 aromatic rings. The van der Waals surface area contributed by atoms with E-state index in [0.717, 1.165) is 17.7 Å².